The molecule has 0 aromatic heterocycles. The van der Waals surface area contributed by atoms with Crippen molar-refractivity contribution in [1.82, 2.24) is 4.90 Å². The largest absolute Gasteiger partial charge is 0.507 e. The highest BCUT2D eigenvalue weighted by molar-refractivity contribution is 6.30. The number of aliphatic hydroxyl groups is 1. The highest BCUT2D eigenvalue weighted by atomic mass is 35.5. The van der Waals surface area contributed by atoms with E-state index < -0.39 is 0 Å². The fraction of sp³-hybridized carbons (Fsp3) is 0.417. The number of hydrogen-bond donors (Lipinski definition) is 2. The molecule has 2 N–H and O–H groups in total. The molecule has 0 saturated carbocycles. The topological polar surface area (TPSA) is 60.8 Å². The summed E-state index contributed by atoms with van der Waals surface area (Å²) >= 11 is 5.70. The summed E-state index contributed by atoms with van der Waals surface area (Å²) in [5.74, 6) is -0.375. The van der Waals surface area contributed by atoms with Crippen LogP contribution in [0.25, 0.3) is 0 Å². The van der Waals surface area contributed by atoms with E-state index in [1.165, 1.54) is 12.1 Å². The number of carbonyl (C=O) groups is 1. The van der Waals surface area contributed by atoms with E-state index in [1.54, 1.807) is 11.0 Å². The minimum atomic E-state index is -0.255. The van der Waals surface area contributed by atoms with Crippen molar-refractivity contribution in [2.24, 2.45) is 0 Å². The number of aliphatic hydroxyl groups excluding tert-OH is 1. The summed E-state index contributed by atoms with van der Waals surface area (Å²) in [7, 11) is 0. The second-order valence-electron chi connectivity index (χ2n) is 3.62. The Morgan fingerprint density at radius 3 is 2.71 bits per heavy atom. The monoisotopic (exact) mass is 257 g/mol. The number of benzene rings is 1. The highest BCUT2D eigenvalue weighted by Crippen LogP contribution is 2.23. The molecule has 0 aliphatic carbocycles. The lowest BCUT2D eigenvalue weighted by Crippen LogP contribution is -2.32. The average Bonchev–Trinajstić information content (AvgIpc) is 2.29. The van der Waals surface area contributed by atoms with Crippen LogP contribution in [0, 0.1) is 0 Å². The summed E-state index contributed by atoms with van der Waals surface area (Å²) in [5.41, 5.74) is 0.231. The molecular weight excluding hydrogens is 242 g/mol. The molecule has 1 aromatic rings. The molecule has 0 spiro atoms. The Hall–Kier alpha value is -1.26. The Morgan fingerprint density at radius 2 is 2.18 bits per heavy atom. The Bertz CT molecular complexity index is 395. The molecule has 1 rings (SSSR count). The molecule has 0 atom stereocenters. The van der Waals surface area contributed by atoms with E-state index in [1.807, 2.05) is 6.92 Å². The molecule has 1 amide bonds. The summed E-state index contributed by atoms with van der Waals surface area (Å²) in [6, 6.07) is 4.41. The molecule has 0 bridgehead atoms. The number of nitrogens with zero attached hydrogens (tertiary/aromatic N) is 1. The van der Waals surface area contributed by atoms with Crippen LogP contribution >= 0.6 is 11.6 Å². The van der Waals surface area contributed by atoms with Gasteiger partial charge in [-0.1, -0.05) is 11.6 Å². The van der Waals surface area contributed by atoms with Crippen LogP contribution in [0.3, 0.4) is 0 Å². The number of carbonyl (C=O) groups excluding carboxylic acids is 1. The Labute approximate surface area is 105 Å². The van der Waals surface area contributed by atoms with Crippen LogP contribution in [0.5, 0.6) is 5.75 Å². The van der Waals surface area contributed by atoms with Crippen molar-refractivity contribution in [2.75, 3.05) is 19.7 Å². The maximum atomic E-state index is 12.1. The van der Waals surface area contributed by atoms with E-state index in [0.29, 0.717) is 24.5 Å². The normalized spacial score (nSPS) is 10.3. The number of hydrogen-bond acceptors (Lipinski definition) is 3. The van der Waals surface area contributed by atoms with Gasteiger partial charge in [0.2, 0.25) is 0 Å². The number of halogens is 1. The average molecular weight is 258 g/mol. The molecule has 0 aliphatic rings. The zero-order chi connectivity index (χ0) is 12.8. The zero-order valence-corrected chi connectivity index (χ0v) is 10.4. The van der Waals surface area contributed by atoms with Crippen molar-refractivity contribution in [3.05, 3.63) is 28.8 Å². The van der Waals surface area contributed by atoms with Crippen LogP contribution in [0.4, 0.5) is 0 Å². The zero-order valence-electron chi connectivity index (χ0n) is 9.69. The van der Waals surface area contributed by atoms with Crippen molar-refractivity contribution in [2.45, 2.75) is 13.3 Å². The van der Waals surface area contributed by atoms with Gasteiger partial charge in [-0.2, -0.15) is 0 Å². The lowest BCUT2D eigenvalue weighted by Gasteiger charge is -2.20. The minimum Gasteiger partial charge on any atom is -0.507 e. The molecule has 0 heterocycles. The van der Waals surface area contributed by atoms with Gasteiger partial charge in [0.05, 0.1) is 5.56 Å². The van der Waals surface area contributed by atoms with Gasteiger partial charge in [-0.3, -0.25) is 4.79 Å². The molecule has 94 valence electrons. The van der Waals surface area contributed by atoms with Gasteiger partial charge in [-0.15, -0.1) is 0 Å². The van der Waals surface area contributed by atoms with Crippen LogP contribution in [-0.4, -0.2) is 40.7 Å². The van der Waals surface area contributed by atoms with E-state index in [2.05, 4.69) is 0 Å². The molecule has 0 saturated heterocycles. The van der Waals surface area contributed by atoms with Crippen molar-refractivity contribution in [1.29, 1.82) is 0 Å². The van der Waals surface area contributed by atoms with Crippen molar-refractivity contribution >= 4 is 17.5 Å². The first kappa shape index (κ1) is 13.8. The third kappa shape index (κ3) is 3.61. The molecule has 0 fully saturated rings. The van der Waals surface area contributed by atoms with E-state index in [-0.39, 0.29) is 23.8 Å². The fourth-order valence-corrected chi connectivity index (χ4v) is 1.69. The van der Waals surface area contributed by atoms with Crippen molar-refractivity contribution in [3.63, 3.8) is 0 Å². The second-order valence-corrected chi connectivity index (χ2v) is 4.06. The molecule has 0 unspecified atom stereocenters. The third-order valence-corrected chi connectivity index (χ3v) is 2.68. The number of phenolic OH excluding ortho intramolecular Hbond substituents is 1. The van der Waals surface area contributed by atoms with E-state index in [9.17, 15) is 9.90 Å². The van der Waals surface area contributed by atoms with Crippen molar-refractivity contribution in [3.8, 4) is 5.75 Å². The maximum Gasteiger partial charge on any atom is 0.257 e. The van der Waals surface area contributed by atoms with Gasteiger partial charge >= 0.3 is 0 Å². The lowest BCUT2D eigenvalue weighted by atomic mass is 10.1. The van der Waals surface area contributed by atoms with Gasteiger partial charge in [-0.25, -0.2) is 0 Å². The van der Waals surface area contributed by atoms with Crippen molar-refractivity contribution < 1.29 is 15.0 Å². The van der Waals surface area contributed by atoms with Crippen LogP contribution in [-0.2, 0) is 0 Å². The molecule has 0 radical (unpaired) electrons. The Balaban J connectivity index is 2.86. The standard InChI is InChI=1S/C12H16ClNO3/c1-2-14(6-3-7-15)12(17)10-5-4-9(13)8-11(10)16/h4-5,8,15-16H,2-3,6-7H2,1H3. The first-order valence-electron chi connectivity index (χ1n) is 5.48. The number of amides is 1. The smallest absolute Gasteiger partial charge is 0.257 e. The second kappa shape index (κ2) is 6.47. The predicted molar refractivity (Wildman–Crippen MR) is 66.4 cm³/mol. The van der Waals surface area contributed by atoms with Crippen LogP contribution < -0.4 is 0 Å². The van der Waals surface area contributed by atoms with Crippen LogP contribution in [0.1, 0.15) is 23.7 Å². The first-order chi connectivity index (χ1) is 8.10. The molecular formula is C12H16ClNO3. The molecule has 17 heavy (non-hydrogen) atoms. The molecule has 4 nitrogen and oxygen atoms in total. The molecule has 5 heteroatoms. The Morgan fingerprint density at radius 1 is 1.47 bits per heavy atom. The van der Waals surface area contributed by atoms with Gasteiger partial charge in [0.25, 0.3) is 5.91 Å². The van der Waals surface area contributed by atoms with E-state index in [4.69, 9.17) is 16.7 Å². The van der Waals surface area contributed by atoms with Gasteiger partial charge in [0.1, 0.15) is 5.75 Å². The van der Waals surface area contributed by atoms with Crippen LogP contribution in [0.15, 0.2) is 18.2 Å². The van der Waals surface area contributed by atoms with Crippen LogP contribution in [0.2, 0.25) is 5.02 Å². The number of aromatic hydroxyl groups is 1. The number of rotatable bonds is 5. The Kier molecular flexibility index (Phi) is 5.25. The minimum absolute atomic E-state index is 0.0381. The quantitative estimate of drug-likeness (QED) is 0.847. The SMILES string of the molecule is CCN(CCCO)C(=O)c1ccc(Cl)cc1O. The summed E-state index contributed by atoms with van der Waals surface area (Å²) < 4.78 is 0. The summed E-state index contributed by atoms with van der Waals surface area (Å²) in [6.07, 6.45) is 0.522. The fourth-order valence-electron chi connectivity index (χ4n) is 1.52. The van der Waals surface area contributed by atoms with Gasteiger partial charge in [0, 0.05) is 24.7 Å². The summed E-state index contributed by atoms with van der Waals surface area (Å²) in [4.78, 5) is 13.6. The summed E-state index contributed by atoms with van der Waals surface area (Å²) in [6.45, 7) is 2.88. The van der Waals surface area contributed by atoms with Gasteiger partial charge in [0.15, 0.2) is 0 Å². The highest BCUT2D eigenvalue weighted by Gasteiger charge is 2.17. The molecule has 1 aromatic carbocycles. The van der Waals surface area contributed by atoms with E-state index in [0.717, 1.165) is 0 Å². The predicted octanol–water partition coefficient (Wildman–Crippen LogP) is 1.89. The maximum absolute atomic E-state index is 12.1. The summed E-state index contributed by atoms with van der Waals surface area (Å²) in [5, 5.41) is 18.8. The van der Waals surface area contributed by atoms with Gasteiger partial charge in [-0.05, 0) is 31.5 Å². The van der Waals surface area contributed by atoms with E-state index >= 15 is 0 Å². The first-order valence-corrected chi connectivity index (χ1v) is 5.86. The van der Waals surface area contributed by atoms with Gasteiger partial charge < -0.3 is 15.1 Å². The molecule has 0 aliphatic heterocycles. The lowest BCUT2D eigenvalue weighted by molar-refractivity contribution is 0.0751. The number of phenols is 1. The third-order valence-electron chi connectivity index (χ3n) is 2.45.